The topological polar surface area (TPSA) is 68.7 Å². The SMILES string of the molecule is C[C@@H]1CN(Cc2cn3ccccc3n2)C[C@H](c2nc(C3CC3)no2)O1. The van der Waals surface area contributed by atoms with E-state index in [0.717, 1.165) is 36.8 Å². The maximum Gasteiger partial charge on any atom is 0.257 e. The summed E-state index contributed by atoms with van der Waals surface area (Å²) in [6.45, 7) is 4.48. The van der Waals surface area contributed by atoms with E-state index in [1.165, 1.54) is 12.8 Å². The molecule has 1 saturated heterocycles. The molecule has 25 heavy (non-hydrogen) atoms. The molecule has 2 aliphatic rings. The molecule has 2 fully saturated rings. The van der Waals surface area contributed by atoms with Crippen LogP contribution in [0.5, 0.6) is 0 Å². The largest absolute Gasteiger partial charge is 0.363 e. The summed E-state index contributed by atoms with van der Waals surface area (Å²) in [7, 11) is 0. The zero-order valence-electron chi connectivity index (χ0n) is 14.2. The number of morpholine rings is 1. The van der Waals surface area contributed by atoms with Gasteiger partial charge in [-0.1, -0.05) is 11.2 Å². The van der Waals surface area contributed by atoms with Crippen molar-refractivity contribution in [3.8, 4) is 0 Å². The lowest BCUT2D eigenvalue weighted by atomic mass is 10.2. The van der Waals surface area contributed by atoms with E-state index >= 15 is 0 Å². The first kappa shape index (κ1) is 15.0. The van der Waals surface area contributed by atoms with Gasteiger partial charge >= 0.3 is 0 Å². The van der Waals surface area contributed by atoms with E-state index in [0.29, 0.717) is 11.8 Å². The van der Waals surface area contributed by atoms with Crippen LogP contribution in [0, 0.1) is 0 Å². The number of fused-ring (bicyclic) bond motifs is 1. The van der Waals surface area contributed by atoms with Crippen molar-refractivity contribution < 1.29 is 9.26 Å². The molecular formula is C18H21N5O2. The van der Waals surface area contributed by atoms with Crippen LogP contribution < -0.4 is 0 Å². The van der Waals surface area contributed by atoms with Crippen molar-refractivity contribution in [2.45, 2.75) is 44.4 Å². The molecule has 0 N–H and O–H groups in total. The second-order valence-corrected chi connectivity index (χ2v) is 7.09. The number of hydrogen-bond donors (Lipinski definition) is 0. The molecule has 3 aromatic rings. The Hall–Kier alpha value is -2.25. The van der Waals surface area contributed by atoms with Crippen LogP contribution in [0.4, 0.5) is 0 Å². The summed E-state index contributed by atoms with van der Waals surface area (Å²) in [5.41, 5.74) is 2.03. The highest BCUT2D eigenvalue weighted by molar-refractivity contribution is 5.39. The van der Waals surface area contributed by atoms with Gasteiger partial charge < -0.3 is 13.7 Å². The van der Waals surface area contributed by atoms with Gasteiger partial charge in [0.2, 0.25) is 0 Å². The van der Waals surface area contributed by atoms with Gasteiger partial charge in [0.05, 0.1) is 11.8 Å². The number of nitrogens with zero attached hydrogens (tertiary/aromatic N) is 5. The van der Waals surface area contributed by atoms with Gasteiger partial charge in [0, 0.05) is 37.9 Å². The summed E-state index contributed by atoms with van der Waals surface area (Å²) >= 11 is 0. The molecule has 5 rings (SSSR count). The Morgan fingerprint density at radius 3 is 2.96 bits per heavy atom. The van der Waals surface area contributed by atoms with Crippen molar-refractivity contribution in [3.63, 3.8) is 0 Å². The molecule has 1 aliphatic carbocycles. The van der Waals surface area contributed by atoms with Gasteiger partial charge in [0.1, 0.15) is 11.8 Å². The number of hydrogen-bond acceptors (Lipinski definition) is 6. The van der Waals surface area contributed by atoms with Gasteiger partial charge in [-0.25, -0.2) is 4.98 Å². The van der Waals surface area contributed by atoms with Gasteiger partial charge in [-0.15, -0.1) is 0 Å². The first-order chi connectivity index (χ1) is 12.2. The highest BCUT2D eigenvalue weighted by atomic mass is 16.5. The van der Waals surface area contributed by atoms with Crippen LogP contribution in [0.25, 0.3) is 5.65 Å². The van der Waals surface area contributed by atoms with Crippen molar-refractivity contribution in [3.05, 3.63) is 48.0 Å². The second-order valence-electron chi connectivity index (χ2n) is 7.09. The molecule has 130 valence electrons. The Kier molecular flexibility index (Phi) is 3.57. The third-order valence-corrected chi connectivity index (χ3v) is 4.81. The lowest BCUT2D eigenvalue weighted by Crippen LogP contribution is -2.42. The Morgan fingerprint density at radius 2 is 2.12 bits per heavy atom. The Balaban J connectivity index is 1.32. The number of rotatable bonds is 4. The fraction of sp³-hybridized carbons (Fsp3) is 0.500. The lowest BCUT2D eigenvalue weighted by Gasteiger charge is -2.34. The summed E-state index contributed by atoms with van der Waals surface area (Å²) in [6.07, 6.45) is 6.39. The fourth-order valence-corrected chi connectivity index (χ4v) is 3.48. The van der Waals surface area contributed by atoms with Gasteiger partial charge in [-0.2, -0.15) is 4.98 Å². The monoisotopic (exact) mass is 339 g/mol. The molecule has 4 heterocycles. The maximum atomic E-state index is 6.05. The van der Waals surface area contributed by atoms with Crippen molar-refractivity contribution in [2.75, 3.05) is 13.1 Å². The van der Waals surface area contributed by atoms with Crippen LogP contribution in [0.2, 0.25) is 0 Å². The molecule has 3 aromatic heterocycles. The van der Waals surface area contributed by atoms with Gasteiger partial charge in [0.25, 0.3) is 5.89 Å². The van der Waals surface area contributed by atoms with Crippen molar-refractivity contribution in [1.29, 1.82) is 0 Å². The molecule has 2 atom stereocenters. The minimum Gasteiger partial charge on any atom is -0.363 e. The predicted octanol–water partition coefficient (Wildman–Crippen LogP) is 2.56. The number of aromatic nitrogens is 4. The average molecular weight is 339 g/mol. The molecule has 7 heteroatoms. The summed E-state index contributed by atoms with van der Waals surface area (Å²) in [5, 5.41) is 4.12. The molecule has 0 aromatic carbocycles. The van der Waals surface area contributed by atoms with E-state index in [1.807, 2.05) is 24.4 Å². The Bertz CT molecular complexity index is 851. The first-order valence-corrected chi connectivity index (χ1v) is 8.88. The predicted molar refractivity (Wildman–Crippen MR) is 90.0 cm³/mol. The van der Waals surface area contributed by atoms with E-state index in [4.69, 9.17) is 14.2 Å². The zero-order valence-corrected chi connectivity index (χ0v) is 14.2. The van der Waals surface area contributed by atoms with Gasteiger partial charge in [-0.05, 0) is 31.9 Å². The lowest BCUT2D eigenvalue weighted by molar-refractivity contribution is -0.0932. The molecular weight excluding hydrogens is 318 g/mol. The third-order valence-electron chi connectivity index (χ3n) is 4.81. The highest BCUT2D eigenvalue weighted by Gasteiger charge is 2.34. The smallest absolute Gasteiger partial charge is 0.257 e. The number of pyridine rings is 1. The minimum absolute atomic E-state index is 0.118. The van der Waals surface area contributed by atoms with E-state index < -0.39 is 0 Å². The van der Waals surface area contributed by atoms with Crippen molar-refractivity contribution in [2.24, 2.45) is 0 Å². The third kappa shape index (κ3) is 3.05. The molecule has 0 spiro atoms. The van der Waals surface area contributed by atoms with Crippen molar-refractivity contribution in [1.82, 2.24) is 24.4 Å². The van der Waals surface area contributed by atoms with Crippen molar-refractivity contribution >= 4 is 5.65 Å². The van der Waals surface area contributed by atoms with E-state index in [2.05, 4.69) is 32.6 Å². The van der Waals surface area contributed by atoms with Gasteiger partial charge in [-0.3, -0.25) is 4.90 Å². The van der Waals surface area contributed by atoms with E-state index in [9.17, 15) is 0 Å². The minimum atomic E-state index is -0.166. The van der Waals surface area contributed by atoms with Crippen LogP contribution in [0.3, 0.4) is 0 Å². The summed E-state index contributed by atoms with van der Waals surface area (Å²) in [4.78, 5) is 11.6. The van der Waals surface area contributed by atoms with Crippen LogP contribution >= 0.6 is 0 Å². The summed E-state index contributed by atoms with van der Waals surface area (Å²) < 4.78 is 13.6. The molecule has 7 nitrogen and oxygen atoms in total. The zero-order chi connectivity index (χ0) is 16.8. The van der Waals surface area contributed by atoms with Crippen LogP contribution in [0.15, 0.2) is 35.1 Å². The molecule has 0 radical (unpaired) electrons. The van der Waals surface area contributed by atoms with Crippen LogP contribution in [0.1, 0.15) is 49.2 Å². The number of imidazole rings is 1. The first-order valence-electron chi connectivity index (χ1n) is 8.88. The molecule has 1 aliphatic heterocycles. The van der Waals surface area contributed by atoms with Gasteiger partial charge in [0.15, 0.2) is 5.82 Å². The summed E-state index contributed by atoms with van der Waals surface area (Å²) in [5.74, 6) is 1.93. The summed E-state index contributed by atoms with van der Waals surface area (Å²) in [6, 6.07) is 6.04. The molecule has 0 amide bonds. The van der Waals surface area contributed by atoms with E-state index in [1.54, 1.807) is 0 Å². The maximum absolute atomic E-state index is 6.05. The van der Waals surface area contributed by atoms with E-state index in [-0.39, 0.29) is 12.2 Å². The van der Waals surface area contributed by atoms with Crippen LogP contribution in [-0.4, -0.2) is 43.6 Å². The average Bonchev–Trinajstić information content (AvgIpc) is 3.18. The Labute approximate surface area is 145 Å². The van der Waals surface area contributed by atoms with Crippen LogP contribution in [-0.2, 0) is 11.3 Å². The molecule has 1 saturated carbocycles. The molecule has 0 bridgehead atoms. The second kappa shape index (κ2) is 5.93. The standard InChI is InChI=1S/C18H21N5O2/c1-12-8-22(9-14-10-23-7-3-2-4-16(23)19-14)11-15(24-12)18-20-17(21-25-18)13-5-6-13/h2-4,7,10,12-13,15H,5-6,8-9,11H2,1H3/t12-,15-/m1/s1. The quantitative estimate of drug-likeness (QED) is 0.728. The Morgan fingerprint density at radius 1 is 1.20 bits per heavy atom. The highest BCUT2D eigenvalue weighted by Crippen LogP contribution is 2.39. The fourth-order valence-electron chi connectivity index (χ4n) is 3.48. The normalized spacial score (nSPS) is 24.8. The number of ether oxygens (including phenoxy) is 1. The molecule has 0 unspecified atom stereocenters.